The number of hydrogen-bond donors (Lipinski definition) is 1. The van der Waals surface area contributed by atoms with Crippen molar-refractivity contribution in [2.75, 3.05) is 0 Å². The lowest BCUT2D eigenvalue weighted by atomic mass is 9.85. The standard InChI is InChI=1S/C9H16ClNO/c1-5-6(11)7(8(10)12)9(2,3)4/h5,11H2,1-4H3. The van der Waals surface area contributed by atoms with Gasteiger partial charge in [-0.1, -0.05) is 27.7 Å². The normalized spacial score (nSPS) is 14.1. The van der Waals surface area contributed by atoms with Crippen LogP contribution in [0.5, 0.6) is 0 Å². The van der Waals surface area contributed by atoms with Gasteiger partial charge in [-0.05, 0) is 23.4 Å². The lowest BCUT2D eigenvalue weighted by molar-refractivity contribution is -0.109. The zero-order chi connectivity index (χ0) is 9.94. The summed E-state index contributed by atoms with van der Waals surface area (Å²) in [5, 5.41) is -0.443. The summed E-state index contributed by atoms with van der Waals surface area (Å²) in [4.78, 5) is 11.0. The van der Waals surface area contributed by atoms with E-state index in [-0.39, 0.29) is 5.41 Å². The molecule has 0 aromatic heterocycles. The molecule has 2 nitrogen and oxygen atoms in total. The third-order valence-corrected chi connectivity index (χ3v) is 1.84. The van der Waals surface area contributed by atoms with E-state index in [1.54, 1.807) is 0 Å². The molecule has 0 rings (SSSR count). The fourth-order valence-electron chi connectivity index (χ4n) is 1.08. The van der Waals surface area contributed by atoms with E-state index in [1.807, 2.05) is 27.7 Å². The van der Waals surface area contributed by atoms with Crippen LogP contribution in [0.4, 0.5) is 0 Å². The molecule has 70 valence electrons. The number of carbonyl (C=O) groups excluding carboxylic acids is 1. The first-order valence-electron chi connectivity index (χ1n) is 3.99. The highest BCUT2D eigenvalue weighted by atomic mass is 35.5. The minimum atomic E-state index is -0.443. The number of nitrogens with two attached hydrogens (primary N) is 1. The average molecular weight is 190 g/mol. The van der Waals surface area contributed by atoms with E-state index < -0.39 is 5.24 Å². The van der Waals surface area contributed by atoms with Crippen molar-refractivity contribution >= 4 is 16.8 Å². The van der Waals surface area contributed by atoms with Gasteiger partial charge in [-0.2, -0.15) is 0 Å². The van der Waals surface area contributed by atoms with E-state index in [4.69, 9.17) is 17.3 Å². The molecule has 0 atom stereocenters. The Balaban J connectivity index is 5.07. The van der Waals surface area contributed by atoms with E-state index in [0.717, 1.165) is 0 Å². The molecule has 0 aliphatic carbocycles. The van der Waals surface area contributed by atoms with Gasteiger partial charge >= 0.3 is 0 Å². The van der Waals surface area contributed by atoms with Crippen LogP contribution in [-0.2, 0) is 4.79 Å². The van der Waals surface area contributed by atoms with Crippen LogP contribution in [-0.4, -0.2) is 5.24 Å². The topological polar surface area (TPSA) is 43.1 Å². The van der Waals surface area contributed by atoms with Gasteiger partial charge in [0.25, 0.3) is 5.24 Å². The molecular formula is C9H16ClNO. The molecule has 0 aromatic rings. The summed E-state index contributed by atoms with van der Waals surface area (Å²) in [5.74, 6) is 0. The van der Waals surface area contributed by atoms with Crippen LogP contribution in [0.3, 0.4) is 0 Å². The molecule has 0 saturated carbocycles. The lowest BCUT2D eigenvalue weighted by Crippen LogP contribution is -2.20. The van der Waals surface area contributed by atoms with E-state index in [0.29, 0.717) is 17.7 Å². The second kappa shape index (κ2) is 3.94. The minimum absolute atomic E-state index is 0.265. The number of hydrogen-bond acceptors (Lipinski definition) is 2. The lowest BCUT2D eigenvalue weighted by Gasteiger charge is -2.21. The van der Waals surface area contributed by atoms with Crippen LogP contribution >= 0.6 is 11.6 Å². The monoisotopic (exact) mass is 189 g/mol. The molecule has 0 heterocycles. The maximum absolute atomic E-state index is 11.0. The highest BCUT2D eigenvalue weighted by molar-refractivity contribution is 6.67. The van der Waals surface area contributed by atoms with Gasteiger partial charge in [-0.25, -0.2) is 0 Å². The third kappa shape index (κ3) is 2.86. The second-order valence-electron chi connectivity index (χ2n) is 3.78. The fourth-order valence-corrected chi connectivity index (χ4v) is 1.48. The zero-order valence-electron chi connectivity index (χ0n) is 8.07. The Labute approximate surface area is 78.8 Å². The number of carbonyl (C=O) groups is 1. The summed E-state index contributed by atoms with van der Waals surface area (Å²) in [7, 11) is 0. The third-order valence-electron chi connectivity index (χ3n) is 1.65. The smallest absolute Gasteiger partial charge is 0.250 e. The molecule has 0 unspecified atom stereocenters. The Morgan fingerprint density at radius 3 is 1.92 bits per heavy atom. The van der Waals surface area contributed by atoms with Crippen LogP contribution in [0.1, 0.15) is 34.1 Å². The number of allylic oxidation sites excluding steroid dienone is 2. The maximum Gasteiger partial charge on any atom is 0.250 e. The molecule has 0 aliphatic heterocycles. The van der Waals surface area contributed by atoms with Crippen molar-refractivity contribution in [2.24, 2.45) is 11.1 Å². The van der Waals surface area contributed by atoms with Crippen molar-refractivity contribution in [3.63, 3.8) is 0 Å². The Hall–Kier alpha value is -0.500. The van der Waals surface area contributed by atoms with Gasteiger partial charge in [0.05, 0.1) is 0 Å². The first kappa shape index (κ1) is 11.5. The van der Waals surface area contributed by atoms with Gasteiger partial charge in [0, 0.05) is 11.3 Å². The van der Waals surface area contributed by atoms with Gasteiger partial charge in [0.15, 0.2) is 0 Å². The Morgan fingerprint density at radius 2 is 1.83 bits per heavy atom. The van der Waals surface area contributed by atoms with Crippen molar-refractivity contribution < 1.29 is 4.79 Å². The summed E-state index contributed by atoms with van der Waals surface area (Å²) < 4.78 is 0. The average Bonchev–Trinajstić information content (AvgIpc) is 1.83. The predicted molar refractivity (Wildman–Crippen MR) is 51.8 cm³/mol. The summed E-state index contributed by atoms with van der Waals surface area (Å²) in [6, 6.07) is 0. The molecule has 3 heteroatoms. The van der Waals surface area contributed by atoms with Crippen LogP contribution in [0, 0.1) is 5.41 Å². The molecule has 0 aliphatic rings. The summed E-state index contributed by atoms with van der Waals surface area (Å²) in [6.07, 6.45) is 0.658. The van der Waals surface area contributed by atoms with Crippen LogP contribution in [0.25, 0.3) is 0 Å². The molecule has 0 fully saturated rings. The SMILES string of the molecule is CCC(N)=C(C(=O)Cl)C(C)(C)C. The Morgan fingerprint density at radius 1 is 1.42 bits per heavy atom. The van der Waals surface area contributed by atoms with E-state index in [9.17, 15) is 4.79 Å². The van der Waals surface area contributed by atoms with Crippen LogP contribution < -0.4 is 5.73 Å². The molecule has 0 radical (unpaired) electrons. The van der Waals surface area contributed by atoms with Gasteiger partial charge in [-0.15, -0.1) is 0 Å². The van der Waals surface area contributed by atoms with Gasteiger partial charge in [0.2, 0.25) is 0 Å². The van der Waals surface area contributed by atoms with Crippen LogP contribution in [0.15, 0.2) is 11.3 Å². The molecule has 0 bridgehead atoms. The van der Waals surface area contributed by atoms with Crippen LogP contribution in [0.2, 0.25) is 0 Å². The van der Waals surface area contributed by atoms with E-state index in [2.05, 4.69) is 0 Å². The van der Waals surface area contributed by atoms with Crippen molar-refractivity contribution in [3.8, 4) is 0 Å². The van der Waals surface area contributed by atoms with Gasteiger partial charge in [0.1, 0.15) is 0 Å². The maximum atomic E-state index is 11.0. The second-order valence-corrected chi connectivity index (χ2v) is 4.12. The highest BCUT2D eigenvalue weighted by Crippen LogP contribution is 2.29. The minimum Gasteiger partial charge on any atom is -0.402 e. The van der Waals surface area contributed by atoms with E-state index in [1.165, 1.54) is 0 Å². The highest BCUT2D eigenvalue weighted by Gasteiger charge is 2.24. The summed E-state index contributed by atoms with van der Waals surface area (Å²) in [5.41, 5.74) is 6.53. The van der Waals surface area contributed by atoms with Crippen molar-refractivity contribution in [3.05, 3.63) is 11.3 Å². The molecule has 2 N–H and O–H groups in total. The van der Waals surface area contributed by atoms with Gasteiger partial charge < -0.3 is 5.73 Å². The first-order chi connectivity index (χ1) is 5.30. The number of rotatable bonds is 2. The quantitative estimate of drug-likeness (QED) is 0.536. The molecule has 0 amide bonds. The van der Waals surface area contributed by atoms with Crippen molar-refractivity contribution in [2.45, 2.75) is 34.1 Å². The molecule has 0 aromatic carbocycles. The Kier molecular flexibility index (Phi) is 3.78. The van der Waals surface area contributed by atoms with Crippen molar-refractivity contribution in [1.29, 1.82) is 0 Å². The molecule has 0 saturated heterocycles. The first-order valence-corrected chi connectivity index (χ1v) is 4.37. The van der Waals surface area contributed by atoms with Crippen molar-refractivity contribution in [1.82, 2.24) is 0 Å². The number of halogens is 1. The Bertz CT molecular complexity index is 213. The molecular weight excluding hydrogens is 174 g/mol. The molecule has 0 spiro atoms. The predicted octanol–water partition coefficient (Wildman–Crippen LogP) is 2.42. The van der Waals surface area contributed by atoms with Gasteiger partial charge in [-0.3, -0.25) is 4.79 Å². The van der Waals surface area contributed by atoms with E-state index >= 15 is 0 Å². The molecule has 12 heavy (non-hydrogen) atoms. The fraction of sp³-hybridized carbons (Fsp3) is 0.667. The summed E-state index contributed by atoms with van der Waals surface area (Å²) in [6.45, 7) is 7.67. The zero-order valence-corrected chi connectivity index (χ0v) is 8.83. The summed E-state index contributed by atoms with van der Waals surface area (Å²) >= 11 is 5.43. The largest absolute Gasteiger partial charge is 0.402 e.